The van der Waals surface area contributed by atoms with Gasteiger partial charge in [0.1, 0.15) is 6.04 Å². The predicted molar refractivity (Wildman–Crippen MR) is 116 cm³/mol. The summed E-state index contributed by atoms with van der Waals surface area (Å²) in [6.07, 6.45) is 3.50. The summed E-state index contributed by atoms with van der Waals surface area (Å²) < 4.78 is -0.716. The van der Waals surface area contributed by atoms with Crippen LogP contribution in [0.25, 0.3) is 0 Å². The van der Waals surface area contributed by atoms with E-state index < -0.39 is 34.1 Å². The number of aliphatic hydroxyl groups is 1. The van der Waals surface area contributed by atoms with Crippen molar-refractivity contribution in [1.29, 1.82) is 0 Å². The molecule has 3 unspecified atom stereocenters. The summed E-state index contributed by atoms with van der Waals surface area (Å²) in [4.78, 5) is 43.0. The third-order valence-electron chi connectivity index (χ3n) is 6.96. The van der Waals surface area contributed by atoms with Crippen LogP contribution in [0.1, 0.15) is 47.0 Å². The van der Waals surface area contributed by atoms with Gasteiger partial charge in [0.25, 0.3) is 0 Å². The lowest BCUT2D eigenvalue weighted by Crippen LogP contribution is -2.60. The van der Waals surface area contributed by atoms with Gasteiger partial charge in [-0.05, 0) is 46.0 Å². The van der Waals surface area contributed by atoms with Crippen molar-refractivity contribution in [3.05, 3.63) is 12.7 Å². The van der Waals surface area contributed by atoms with E-state index in [0.717, 1.165) is 0 Å². The quantitative estimate of drug-likeness (QED) is 0.444. The average molecular weight is 439 g/mol. The number of aliphatic hydroxyl groups excluding tert-OH is 1. The van der Waals surface area contributed by atoms with Crippen LogP contribution in [0.3, 0.4) is 0 Å². The van der Waals surface area contributed by atoms with Gasteiger partial charge in [0.2, 0.25) is 11.8 Å². The van der Waals surface area contributed by atoms with E-state index >= 15 is 0 Å². The van der Waals surface area contributed by atoms with Gasteiger partial charge in [0.15, 0.2) is 0 Å². The number of thioether (sulfide) groups is 1. The fourth-order valence-corrected chi connectivity index (χ4v) is 8.10. The van der Waals surface area contributed by atoms with Gasteiger partial charge in [-0.2, -0.15) is 0 Å². The second-order valence-electron chi connectivity index (χ2n) is 9.76. The van der Waals surface area contributed by atoms with Crippen LogP contribution in [0.5, 0.6) is 0 Å². The van der Waals surface area contributed by atoms with Crippen molar-refractivity contribution < 1.29 is 24.6 Å². The molecule has 0 aromatic heterocycles. The topological polar surface area (TPSA) is 98.2 Å². The molecule has 168 valence electrons. The van der Waals surface area contributed by atoms with Crippen molar-refractivity contribution in [2.75, 3.05) is 19.7 Å². The molecule has 0 saturated carbocycles. The number of likely N-dealkylation sites (tertiary alicyclic amines) is 1. The molecule has 3 heterocycles. The Kier molecular flexibility index (Phi) is 6.31. The van der Waals surface area contributed by atoms with Gasteiger partial charge in [-0.15, -0.1) is 18.3 Å². The first-order valence-corrected chi connectivity index (χ1v) is 11.6. The van der Waals surface area contributed by atoms with Gasteiger partial charge in [-0.25, -0.2) is 0 Å². The second kappa shape index (κ2) is 8.19. The zero-order valence-corrected chi connectivity index (χ0v) is 19.2. The molecule has 3 rings (SSSR count). The highest BCUT2D eigenvalue weighted by atomic mass is 32.2. The molecular formula is C22H34N2O5S. The van der Waals surface area contributed by atoms with Gasteiger partial charge < -0.3 is 20.0 Å². The smallest absolute Gasteiger partial charge is 0.308 e. The molecule has 8 heteroatoms. The molecule has 2 amide bonds. The third kappa shape index (κ3) is 3.36. The SMILES string of the molecule is C=CCN(C(=O)C1N(CCCCO)C(=O)[C@@H]2[C@@H](C(=O)O)[C@H]3CC(C)C12S3)C(C)(C)C. The summed E-state index contributed by atoms with van der Waals surface area (Å²) in [5.74, 6) is -2.65. The van der Waals surface area contributed by atoms with Crippen LogP contribution in [0, 0.1) is 17.8 Å². The van der Waals surface area contributed by atoms with Gasteiger partial charge in [0.05, 0.1) is 16.6 Å². The Bertz CT molecular complexity index is 736. The van der Waals surface area contributed by atoms with Crippen LogP contribution in [-0.4, -0.2) is 79.1 Å². The molecule has 3 aliphatic heterocycles. The number of fused-ring (bicyclic) bond motifs is 1. The minimum atomic E-state index is -0.943. The zero-order chi connectivity index (χ0) is 22.4. The van der Waals surface area contributed by atoms with Crippen LogP contribution in [-0.2, 0) is 14.4 Å². The number of hydrogen-bond acceptors (Lipinski definition) is 5. The third-order valence-corrected chi connectivity index (χ3v) is 9.04. The first-order valence-electron chi connectivity index (χ1n) is 10.8. The maximum atomic E-state index is 14.0. The number of carboxylic acids is 1. The molecule has 0 aromatic carbocycles. The number of nitrogens with zero attached hydrogens (tertiary/aromatic N) is 2. The van der Waals surface area contributed by atoms with Crippen LogP contribution >= 0.6 is 11.8 Å². The van der Waals surface area contributed by atoms with E-state index in [4.69, 9.17) is 0 Å². The molecule has 30 heavy (non-hydrogen) atoms. The molecule has 3 aliphatic rings. The Morgan fingerprint density at radius 2 is 2.03 bits per heavy atom. The van der Waals surface area contributed by atoms with E-state index in [1.54, 1.807) is 27.6 Å². The molecule has 2 bridgehead atoms. The Labute approximate surface area is 182 Å². The number of amides is 2. The largest absolute Gasteiger partial charge is 0.481 e. The molecule has 3 fully saturated rings. The van der Waals surface area contributed by atoms with Crippen LogP contribution in [0.4, 0.5) is 0 Å². The normalized spacial score (nSPS) is 34.9. The fourth-order valence-electron chi connectivity index (χ4n) is 5.69. The van der Waals surface area contributed by atoms with Crippen molar-refractivity contribution in [2.24, 2.45) is 17.8 Å². The first-order chi connectivity index (χ1) is 14.0. The maximum absolute atomic E-state index is 14.0. The van der Waals surface area contributed by atoms with Crippen molar-refractivity contribution in [3.63, 3.8) is 0 Å². The molecular weight excluding hydrogens is 404 g/mol. The van der Waals surface area contributed by atoms with Gasteiger partial charge >= 0.3 is 5.97 Å². The van der Waals surface area contributed by atoms with Crippen molar-refractivity contribution in [3.8, 4) is 0 Å². The average Bonchev–Trinajstić information content (AvgIpc) is 3.23. The standard InChI is InChI=1S/C22H34N2O5S/c1-6-9-24(21(3,4)5)19(27)17-22-13(2)12-14(30-22)15(20(28)29)16(22)18(26)23(17)10-7-8-11-25/h6,13-17,25H,1,7-12H2,2-5H3,(H,28,29)/t13?,14-,15+,16+,17?,22?/m1/s1. The summed E-state index contributed by atoms with van der Waals surface area (Å²) in [6, 6.07) is -0.692. The minimum absolute atomic E-state index is 0.0186. The van der Waals surface area contributed by atoms with E-state index in [0.29, 0.717) is 32.4 Å². The van der Waals surface area contributed by atoms with Gasteiger partial charge in [-0.1, -0.05) is 13.0 Å². The lowest BCUT2D eigenvalue weighted by molar-refractivity contribution is -0.149. The highest BCUT2D eigenvalue weighted by molar-refractivity contribution is 8.02. The van der Waals surface area contributed by atoms with Gasteiger partial charge in [-0.3, -0.25) is 14.4 Å². The number of unbranched alkanes of at least 4 members (excludes halogenated alkanes) is 1. The number of carbonyl (C=O) groups excluding carboxylic acids is 2. The van der Waals surface area contributed by atoms with Crippen molar-refractivity contribution in [1.82, 2.24) is 9.80 Å². The van der Waals surface area contributed by atoms with Crippen molar-refractivity contribution in [2.45, 2.75) is 68.5 Å². The Hall–Kier alpha value is -1.54. The fraction of sp³-hybridized carbons (Fsp3) is 0.773. The summed E-state index contributed by atoms with van der Waals surface area (Å²) in [7, 11) is 0. The molecule has 0 aliphatic carbocycles. The molecule has 1 spiro atoms. The summed E-state index contributed by atoms with van der Waals surface area (Å²) in [5, 5.41) is 19.0. The predicted octanol–water partition coefficient (Wildman–Crippen LogP) is 1.99. The number of aliphatic carboxylic acids is 1. The van der Waals surface area contributed by atoms with Crippen LogP contribution in [0.2, 0.25) is 0 Å². The molecule has 3 saturated heterocycles. The number of carboxylic acid groups (broad SMARTS) is 1. The second-order valence-corrected chi connectivity index (χ2v) is 11.3. The van der Waals surface area contributed by atoms with Crippen LogP contribution < -0.4 is 0 Å². The lowest BCUT2D eigenvalue weighted by Gasteiger charge is -2.44. The van der Waals surface area contributed by atoms with E-state index in [9.17, 15) is 24.6 Å². The van der Waals surface area contributed by atoms with Crippen molar-refractivity contribution >= 4 is 29.5 Å². The molecule has 7 nitrogen and oxygen atoms in total. The number of carbonyl (C=O) groups is 3. The highest BCUT2D eigenvalue weighted by Gasteiger charge is 2.76. The highest BCUT2D eigenvalue weighted by Crippen LogP contribution is 2.68. The maximum Gasteiger partial charge on any atom is 0.308 e. The molecule has 6 atom stereocenters. The Balaban J connectivity index is 2.08. The molecule has 0 aromatic rings. The summed E-state index contributed by atoms with van der Waals surface area (Å²) in [5.41, 5.74) is -0.462. The monoisotopic (exact) mass is 438 g/mol. The number of hydrogen-bond donors (Lipinski definition) is 2. The summed E-state index contributed by atoms with van der Waals surface area (Å²) in [6.45, 7) is 12.5. The van der Waals surface area contributed by atoms with E-state index in [1.165, 1.54) is 0 Å². The lowest BCUT2D eigenvalue weighted by atomic mass is 9.66. The van der Waals surface area contributed by atoms with E-state index in [1.807, 2.05) is 20.8 Å². The Morgan fingerprint density at radius 1 is 1.37 bits per heavy atom. The first kappa shape index (κ1) is 23.1. The number of rotatable bonds is 8. The van der Waals surface area contributed by atoms with Crippen LogP contribution in [0.15, 0.2) is 12.7 Å². The Morgan fingerprint density at radius 3 is 2.57 bits per heavy atom. The van der Waals surface area contributed by atoms with E-state index in [-0.39, 0.29) is 29.6 Å². The molecule has 2 N–H and O–H groups in total. The zero-order valence-electron chi connectivity index (χ0n) is 18.3. The summed E-state index contributed by atoms with van der Waals surface area (Å²) >= 11 is 1.56. The minimum Gasteiger partial charge on any atom is -0.481 e. The molecule has 0 radical (unpaired) electrons. The van der Waals surface area contributed by atoms with Gasteiger partial charge in [0, 0.05) is 30.5 Å². The van der Waals surface area contributed by atoms with E-state index in [2.05, 4.69) is 13.5 Å².